The normalized spacial score (nSPS) is 23.1. The van der Waals surface area contributed by atoms with Crippen molar-refractivity contribution >= 4 is 6.92 Å². The van der Waals surface area contributed by atoms with Crippen LogP contribution in [0.3, 0.4) is 0 Å². The molecule has 1 nitrogen and oxygen atoms in total. The third-order valence-corrected chi connectivity index (χ3v) is 5.35. The van der Waals surface area contributed by atoms with Gasteiger partial charge in [0.1, 0.15) is 0 Å². The lowest BCUT2D eigenvalue weighted by atomic mass is 9.41. The van der Waals surface area contributed by atoms with Crippen molar-refractivity contribution in [1.82, 2.24) is 0 Å². The molecule has 2 saturated carbocycles. The van der Waals surface area contributed by atoms with Crippen LogP contribution in [-0.4, -0.2) is 6.92 Å². The van der Waals surface area contributed by atoms with E-state index in [1.807, 2.05) is 0 Å². The van der Waals surface area contributed by atoms with Crippen LogP contribution >= 0.6 is 0 Å². The van der Waals surface area contributed by atoms with Crippen LogP contribution in [0.25, 0.3) is 0 Å². The predicted molar refractivity (Wildman–Crippen MR) is 89.1 cm³/mol. The molecule has 2 aliphatic rings. The third kappa shape index (κ3) is 4.30. The number of allylic oxidation sites excluding steroid dienone is 2. The second-order valence-corrected chi connectivity index (χ2v) is 7.22. The summed E-state index contributed by atoms with van der Waals surface area (Å²) in [6, 6.07) is 0. The van der Waals surface area contributed by atoms with Gasteiger partial charge in [-0.05, 0) is 18.6 Å². The van der Waals surface area contributed by atoms with Gasteiger partial charge in [0.2, 0.25) is 0 Å². The quantitative estimate of drug-likeness (QED) is 0.427. The molecule has 0 heterocycles. The van der Waals surface area contributed by atoms with Gasteiger partial charge in [-0.2, -0.15) is 0 Å². The Kier molecular flexibility index (Phi) is 6.51. The van der Waals surface area contributed by atoms with Gasteiger partial charge in [-0.1, -0.05) is 84.1 Å². The van der Waals surface area contributed by atoms with Crippen LogP contribution in [0.2, 0.25) is 11.6 Å². The molecule has 2 aliphatic carbocycles. The lowest BCUT2D eigenvalue weighted by molar-refractivity contribution is 0.322. The molecular weight excluding hydrogens is 243 g/mol. The topological polar surface area (TPSA) is 9.23 Å². The first kappa shape index (κ1) is 16.0. The highest BCUT2D eigenvalue weighted by atomic mass is 16.4. The van der Waals surface area contributed by atoms with Crippen molar-refractivity contribution in [2.45, 2.75) is 96.6 Å². The number of hydrogen-bond donors (Lipinski definition) is 0. The van der Waals surface area contributed by atoms with Gasteiger partial charge < -0.3 is 4.65 Å². The summed E-state index contributed by atoms with van der Waals surface area (Å²) in [4.78, 5) is 0. The molecule has 0 N–H and O–H groups in total. The summed E-state index contributed by atoms with van der Waals surface area (Å²) in [5, 5.41) is 0. The minimum atomic E-state index is 0.504. The fraction of sp³-hybridized carbons (Fsp3) is 0.889. The van der Waals surface area contributed by atoms with Gasteiger partial charge in [-0.3, -0.25) is 0 Å². The van der Waals surface area contributed by atoms with E-state index in [0.29, 0.717) is 12.8 Å². The predicted octanol–water partition coefficient (Wildman–Crippen LogP) is 6.22. The van der Waals surface area contributed by atoms with E-state index in [0.717, 1.165) is 11.6 Å². The van der Waals surface area contributed by atoms with Gasteiger partial charge in [-0.15, -0.1) is 0 Å². The molecule has 114 valence electrons. The molecule has 0 unspecified atom stereocenters. The van der Waals surface area contributed by atoms with Crippen molar-refractivity contribution in [3.63, 3.8) is 0 Å². The summed E-state index contributed by atoms with van der Waals surface area (Å²) in [6.45, 7) is 7.15. The first-order valence-corrected chi connectivity index (χ1v) is 9.05. The highest BCUT2D eigenvalue weighted by Crippen LogP contribution is 2.42. The van der Waals surface area contributed by atoms with E-state index in [4.69, 9.17) is 4.65 Å². The summed E-state index contributed by atoms with van der Waals surface area (Å²) in [5.41, 5.74) is 0. The summed E-state index contributed by atoms with van der Waals surface area (Å²) in [6.07, 6.45) is 16.4. The first-order chi connectivity index (χ1) is 9.72. The lowest BCUT2D eigenvalue weighted by Gasteiger charge is -2.36. The number of rotatable bonds is 5. The van der Waals surface area contributed by atoms with Crippen molar-refractivity contribution in [3.8, 4) is 0 Å². The van der Waals surface area contributed by atoms with E-state index in [1.54, 1.807) is 0 Å². The maximum absolute atomic E-state index is 6.60. The van der Waals surface area contributed by atoms with Crippen molar-refractivity contribution in [2.24, 2.45) is 5.92 Å². The fourth-order valence-corrected chi connectivity index (χ4v) is 4.20. The van der Waals surface area contributed by atoms with E-state index < -0.39 is 0 Å². The Hall–Kier alpha value is -0.395. The molecule has 0 spiro atoms. The summed E-state index contributed by atoms with van der Waals surface area (Å²) >= 11 is 0. The van der Waals surface area contributed by atoms with E-state index in [1.165, 1.54) is 70.0 Å². The second-order valence-electron chi connectivity index (χ2n) is 7.22. The largest absolute Gasteiger partial charge is 0.563 e. The highest BCUT2D eigenvalue weighted by molar-refractivity contribution is 6.55. The van der Waals surface area contributed by atoms with Crippen molar-refractivity contribution in [3.05, 3.63) is 11.8 Å². The molecular formula is C18H33BO. The van der Waals surface area contributed by atoms with Crippen LogP contribution in [0.5, 0.6) is 0 Å². The average Bonchev–Trinajstić information content (AvgIpc) is 2.50. The maximum atomic E-state index is 6.60. The SMILES string of the molecule is C/C=C(\OB(C1CCCCC1)C1CCCCC1)C(C)C. The Bertz CT molecular complexity index is 281. The zero-order chi connectivity index (χ0) is 14.4. The molecule has 2 rings (SSSR count). The summed E-state index contributed by atoms with van der Waals surface area (Å²) in [5.74, 6) is 3.39. The van der Waals surface area contributed by atoms with Crippen LogP contribution in [-0.2, 0) is 4.65 Å². The van der Waals surface area contributed by atoms with E-state index >= 15 is 0 Å². The molecule has 0 aromatic heterocycles. The van der Waals surface area contributed by atoms with Crippen LogP contribution in [0, 0.1) is 5.92 Å². The lowest BCUT2D eigenvalue weighted by Crippen LogP contribution is -2.33. The standard InChI is InChI=1S/C18H33BO/c1-4-18(15(2)3)20-19(16-11-7-5-8-12-16)17-13-9-6-10-14-17/h4,15-17H,5-14H2,1-3H3/b18-4-. The molecule has 0 aromatic rings. The molecule has 0 atom stereocenters. The third-order valence-electron chi connectivity index (χ3n) is 5.35. The van der Waals surface area contributed by atoms with Crippen molar-refractivity contribution in [2.75, 3.05) is 0 Å². The molecule has 0 radical (unpaired) electrons. The molecule has 20 heavy (non-hydrogen) atoms. The monoisotopic (exact) mass is 276 g/mol. The van der Waals surface area contributed by atoms with Crippen LogP contribution < -0.4 is 0 Å². The van der Waals surface area contributed by atoms with Gasteiger partial charge in [0.05, 0.1) is 5.76 Å². The summed E-state index contributed by atoms with van der Waals surface area (Å²) in [7, 11) is 0. The van der Waals surface area contributed by atoms with E-state index in [-0.39, 0.29) is 0 Å². The van der Waals surface area contributed by atoms with E-state index in [9.17, 15) is 0 Å². The Morgan fingerprint density at radius 1 is 0.900 bits per heavy atom. The average molecular weight is 276 g/mol. The molecule has 2 fully saturated rings. The molecule has 2 heteroatoms. The Labute approximate surface area is 126 Å². The van der Waals surface area contributed by atoms with Gasteiger partial charge in [0, 0.05) is 5.92 Å². The van der Waals surface area contributed by atoms with Crippen LogP contribution in [0.15, 0.2) is 11.8 Å². The fourth-order valence-electron chi connectivity index (χ4n) is 4.20. The molecule has 0 bridgehead atoms. The van der Waals surface area contributed by atoms with Crippen LogP contribution in [0.1, 0.15) is 85.0 Å². The number of hydrogen-bond acceptors (Lipinski definition) is 1. The Balaban J connectivity index is 2.05. The summed E-state index contributed by atoms with van der Waals surface area (Å²) < 4.78 is 6.60. The highest BCUT2D eigenvalue weighted by Gasteiger charge is 2.38. The Morgan fingerprint density at radius 3 is 1.70 bits per heavy atom. The van der Waals surface area contributed by atoms with E-state index in [2.05, 4.69) is 26.8 Å². The molecule has 0 aromatic carbocycles. The molecule has 0 aliphatic heterocycles. The minimum Gasteiger partial charge on any atom is -0.563 e. The van der Waals surface area contributed by atoms with Gasteiger partial charge in [0.15, 0.2) is 0 Å². The minimum absolute atomic E-state index is 0.504. The zero-order valence-corrected chi connectivity index (χ0v) is 13.9. The van der Waals surface area contributed by atoms with Crippen molar-refractivity contribution in [1.29, 1.82) is 0 Å². The Morgan fingerprint density at radius 2 is 1.35 bits per heavy atom. The van der Waals surface area contributed by atoms with Crippen LogP contribution in [0.4, 0.5) is 0 Å². The van der Waals surface area contributed by atoms with Gasteiger partial charge in [0.25, 0.3) is 0 Å². The van der Waals surface area contributed by atoms with Crippen molar-refractivity contribution < 1.29 is 4.65 Å². The maximum Gasteiger partial charge on any atom is 0.363 e. The smallest absolute Gasteiger partial charge is 0.363 e. The van der Waals surface area contributed by atoms with Gasteiger partial charge >= 0.3 is 6.92 Å². The first-order valence-electron chi connectivity index (χ1n) is 9.05. The van der Waals surface area contributed by atoms with Gasteiger partial charge in [-0.25, -0.2) is 0 Å². The molecule has 0 amide bonds. The molecule has 0 saturated heterocycles. The second kappa shape index (κ2) is 8.15. The zero-order valence-electron chi connectivity index (χ0n) is 13.9.